The molecule has 0 bridgehead atoms. The van der Waals surface area contributed by atoms with Gasteiger partial charge in [-0.2, -0.15) is 5.10 Å². The summed E-state index contributed by atoms with van der Waals surface area (Å²) in [6, 6.07) is 7.32. The number of benzene rings is 1. The van der Waals surface area contributed by atoms with Crippen LogP contribution in [-0.2, 0) is 6.54 Å². The van der Waals surface area contributed by atoms with Gasteiger partial charge in [0.15, 0.2) is 11.5 Å². The first kappa shape index (κ1) is 19.2. The van der Waals surface area contributed by atoms with Crippen molar-refractivity contribution in [2.45, 2.75) is 45.4 Å². The van der Waals surface area contributed by atoms with Crippen molar-refractivity contribution >= 4 is 5.91 Å². The summed E-state index contributed by atoms with van der Waals surface area (Å²) in [6.45, 7) is 6.13. The smallest absolute Gasteiger partial charge is 0.272 e. The third-order valence-corrected chi connectivity index (χ3v) is 6.42. The maximum absolute atomic E-state index is 13.1. The molecule has 1 aromatic carbocycles. The molecule has 0 spiro atoms. The van der Waals surface area contributed by atoms with E-state index in [4.69, 9.17) is 14.2 Å². The summed E-state index contributed by atoms with van der Waals surface area (Å²) < 4.78 is 18.6. The molecule has 0 radical (unpaired) electrons. The number of carbonyl (C=O) groups excluding carboxylic acids is 1. The van der Waals surface area contributed by atoms with Gasteiger partial charge in [0.2, 0.25) is 6.79 Å². The standard InChI is InChI=1S/C22H27N3O5/c1-3-25-17(6-13(2)23-25)22(27)24-10-14-7-18(26)20(8-15(14)11-24)30-16-4-5-19-21(9-16)29-12-28-19/h4-6,9,14-15,18,20,26H,3,7-8,10-12H2,1-2H3/t14-,15+,18+,20+/m0/s1. The molecule has 1 amide bonds. The van der Waals surface area contributed by atoms with Gasteiger partial charge >= 0.3 is 0 Å². The van der Waals surface area contributed by atoms with Crippen LogP contribution in [0.2, 0.25) is 0 Å². The summed E-state index contributed by atoms with van der Waals surface area (Å²) in [7, 11) is 0. The van der Waals surface area contributed by atoms with E-state index in [1.54, 1.807) is 10.7 Å². The Bertz CT molecular complexity index is 958. The molecule has 1 saturated carbocycles. The number of aliphatic hydroxyl groups excluding tert-OH is 1. The number of rotatable bonds is 4. The van der Waals surface area contributed by atoms with Crippen LogP contribution in [0.5, 0.6) is 17.2 Å². The van der Waals surface area contributed by atoms with E-state index >= 15 is 0 Å². The van der Waals surface area contributed by atoms with E-state index < -0.39 is 6.10 Å². The second kappa shape index (κ2) is 7.50. The number of aromatic nitrogens is 2. The zero-order valence-corrected chi connectivity index (χ0v) is 17.3. The van der Waals surface area contributed by atoms with Gasteiger partial charge in [0.25, 0.3) is 5.91 Å². The van der Waals surface area contributed by atoms with E-state index in [2.05, 4.69) is 5.10 Å². The maximum Gasteiger partial charge on any atom is 0.272 e. The molecular weight excluding hydrogens is 386 g/mol. The van der Waals surface area contributed by atoms with Crippen LogP contribution in [0.25, 0.3) is 0 Å². The minimum atomic E-state index is -0.560. The molecule has 3 heterocycles. The molecule has 1 N–H and O–H groups in total. The molecular formula is C22H27N3O5. The lowest BCUT2D eigenvalue weighted by atomic mass is 9.78. The third kappa shape index (κ3) is 3.39. The highest BCUT2D eigenvalue weighted by Crippen LogP contribution is 2.40. The van der Waals surface area contributed by atoms with Crippen LogP contribution < -0.4 is 14.2 Å². The summed E-state index contributed by atoms with van der Waals surface area (Å²) in [5.41, 5.74) is 1.49. The van der Waals surface area contributed by atoms with Crippen LogP contribution in [0.3, 0.4) is 0 Å². The van der Waals surface area contributed by atoms with Gasteiger partial charge in [-0.05, 0) is 56.7 Å². The SMILES string of the molecule is CCn1nc(C)cc1C(=O)N1C[C@H]2C[C@@H](Oc3ccc4c(c3)OCO4)[C@H](O)C[C@H]2C1. The molecule has 2 fully saturated rings. The molecule has 4 atom stereocenters. The number of nitrogens with zero attached hydrogens (tertiary/aromatic N) is 3. The number of ether oxygens (including phenoxy) is 3. The molecule has 1 aromatic heterocycles. The van der Waals surface area contributed by atoms with Gasteiger partial charge in [-0.15, -0.1) is 0 Å². The average Bonchev–Trinajstić information content (AvgIpc) is 3.45. The van der Waals surface area contributed by atoms with Crippen molar-refractivity contribution in [3.05, 3.63) is 35.7 Å². The van der Waals surface area contributed by atoms with Gasteiger partial charge in [0.05, 0.1) is 11.8 Å². The second-order valence-electron chi connectivity index (χ2n) is 8.43. The first-order valence-corrected chi connectivity index (χ1v) is 10.6. The Balaban J connectivity index is 1.26. The Morgan fingerprint density at radius 2 is 1.97 bits per heavy atom. The number of hydrogen-bond donors (Lipinski definition) is 1. The maximum atomic E-state index is 13.1. The highest BCUT2D eigenvalue weighted by atomic mass is 16.7. The number of aryl methyl sites for hydroxylation is 2. The molecule has 30 heavy (non-hydrogen) atoms. The zero-order valence-electron chi connectivity index (χ0n) is 17.3. The largest absolute Gasteiger partial charge is 0.488 e. The van der Waals surface area contributed by atoms with E-state index in [9.17, 15) is 9.90 Å². The number of fused-ring (bicyclic) bond motifs is 2. The van der Waals surface area contributed by atoms with Gasteiger partial charge in [0, 0.05) is 25.7 Å². The van der Waals surface area contributed by atoms with Gasteiger partial charge in [0.1, 0.15) is 17.5 Å². The van der Waals surface area contributed by atoms with Crippen molar-refractivity contribution in [3.8, 4) is 17.2 Å². The number of aliphatic hydroxyl groups is 1. The van der Waals surface area contributed by atoms with Crippen molar-refractivity contribution in [1.82, 2.24) is 14.7 Å². The summed E-state index contributed by atoms with van der Waals surface area (Å²) in [5, 5.41) is 15.1. The molecule has 1 aliphatic carbocycles. The first-order valence-electron chi connectivity index (χ1n) is 10.6. The summed E-state index contributed by atoms with van der Waals surface area (Å²) >= 11 is 0. The highest BCUT2D eigenvalue weighted by Gasteiger charge is 2.44. The van der Waals surface area contributed by atoms with Crippen molar-refractivity contribution < 1.29 is 24.1 Å². The van der Waals surface area contributed by atoms with E-state index in [0.717, 1.165) is 12.1 Å². The quantitative estimate of drug-likeness (QED) is 0.827. The van der Waals surface area contributed by atoms with Gasteiger partial charge in [-0.3, -0.25) is 9.48 Å². The second-order valence-corrected chi connectivity index (χ2v) is 8.43. The van der Waals surface area contributed by atoms with Crippen molar-refractivity contribution in [2.75, 3.05) is 19.9 Å². The Hall–Kier alpha value is -2.74. The zero-order chi connectivity index (χ0) is 20.8. The first-order chi connectivity index (χ1) is 14.5. The molecule has 0 unspecified atom stereocenters. The molecule has 3 aliphatic rings. The minimum Gasteiger partial charge on any atom is -0.488 e. The van der Waals surface area contributed by atoms with Gasteiger partial charge < -0.3 is 24.2 Å². The normalized spacial score (nSPS) is 27.2. The topological polar surface area (TPSA) is 86.1 Å². The van der Waals surface area contributed by atoms with Gasteiger partial charge in [-0.25, -0.2) is 0 Å². The minimum absolute atomic E-state index is 0.0228. The van der Waals surface area contributed by atoms with Crippen LogP contribution in [-0.4, -0.2) is 57.8 Å². The summed E-state index contributed by atoms with van der Waals surface area (Å²) in [4.78, 5) is 15.0. The van der Waals surface area contributed by atoms with E-state index in [1.165, 1.54) is 0 Å². The van der Waals surface area contributed by atoms with E-state index in [0.29, 0.717) is 60.8 Å². The Morgan fingerprint density at radius 1 is 1.20 bits per heavy atom. The Labute approximate surface area is 175 Å². The molecule has 8 heteroatoms. The fourth-order valence-electron chi connectivity index (χ4n) is 4.93. The molecule has 5 rings (SSSR count). The number of carbonyl (C=O) groups is 1. The summed E-state index contributed by atoms with van der Waals surface area (Å²) in [6.07, 6.45) is 0.492. The van der Waals surface area contributed by atoms with Crippen LogP contribution in [0.1, 0.15) is 35.9 Å². The predicted molar refractivity (Wildman–Crippen MR) is 108 cm³/mol. The van der Waals surface area contributed by atoms with Gasteiger partial charge in [-0.1, -0.05) is 0 Å². The Kier molecular flexibility index (Phi) is 4.81. The number of amides is 1. The Morgan fingerprint density at radius 3 is 2.77 bits per heavy atom. The van der Waals surface area contributed by atoms with E-state index in [1.807, 2.05) is 36.9 Å². The molecule has 2 aromatic rings. The summed E-state index contributed by atoms with van der Waals surface area (Å²) in [5.74, 6) is 2.66. The fraction of sp³-hybridized carbons (Fsp3) is 0.545. The van der Waals surface area contributed by atoms with Crippen LogP contribution in [0, 0.1) is 18.8 Å². The average molecular weight is 413 g/mol. The lowest BCUT2D eigenvalue weighted by molar-refractivity contribution is -0.0232. The fourth-order valence-corrected chi connectivity index (χ4v) is 4.93. The molecule has 1 saturated heterocycles. The van der Waals surface area contributed by atoms with Crippen LogP contribution in [0.15, 0.2) is 24.3 Å². The van der Waals surface area contributed by atoms with Crippen LogP contribution >= 0.6 is 0 Å². The monoisotopic (exact) mass is 413 g/mol. The number of likely N-dealkylation sites (tertiary alicyclic amines) is 1. The van der Waals surface area contributed by atoms with Crippen molar-refractivity contribution in [2.24, 2.45) is 11.8 Å². The lowest BCUT2D eigenvalue weighted by Crippen LogP contribution is -2.42. The highest BCUT2D eigenvalue weighted by molar-refractivity contribution is 5.93. The van der Waals surface area contributed by atoms with Crippen molar-refractivity contribution in [1.29, 1.82) is 0 Å². The lowest BCUT2D eigenvalue weighted by Gasteiger charge is -2.35. The molecule has 2 aliphatic heterocycles. The van der Waals surface area contributed by atoms with Crippen molar-refractivity contribution in [3.63, 3.8) is 0 Å². The third-order valence-electron chi connectivity index (χ3n) is 6.42. The van der Waals surface area contributed by atoms with E-state index in [-0.39, 0.29) is 18.8 Å². The number of hydrogen-bond acceptors (Lipinski definition) is 6. The predicted octanol–water partition coefficient (Wildman–Crippen LogP) is 2.23. The molecule has 160 valence electrons. The molecule has 8 nitrogen and oxygen atoms in total. The van der Waals surface area contributed by atoms with Crippen LogP contribution in [0.4, 0.5) is 0 Å².